The van der Waals surface area contributed by atoms with E-state index in [4.69, 9.17) is 18.3 Å². The van der Waals surface area contributed by atoms with E-state index < -0.39 is 0 Å². The Labute approximate surface area is 131 Å². The highest BCUT2D eigenvalue weighted by Crippen LogP contribution is 2.31. The summed E-state index contributed by atoms with van der Waals surface area (Å²) in [5.41, 5.74) is 0.990. The van der Waals surface area contributed by atoms with Crippen LogP contribution in [-0.2, 0) is 5.75 Å². The third kappa shape index (κ3) is 3.09. The zero-order valence-corrected chi connectivity index (χ0v) is 12.9. The number of benzene rings is 1. The number of ether oxygens (including phenoxy) is 2. The van der Waals surface area contributed by atoms with E-state index >= 15 is 0 Å². The van der Waals surface area contributed by atoms with E-state index in [0.29, 0.717) is 22.6 Å². The molecule has 0 fully saturated rings. The van der Waals surface area contributed by atoms with Gasteiger partial charge in [-0.15, -0.1) is 10.2 Å². The lowest BCUT2D eigenvalue weighted by molar-refractivity contribution is 0.400. The Kier molecular flexibility index (Phi) is 4.34. The maximum absolute atomic E-state index is 5.55. The van der Waals surface area contributed by atoms with Crippen LogP contribution < -0.4 is 9.47 Å². The Morgan fingerprint density at radius 3 is 2.77 bits per heavy atom. The summed E-state index contributed by atoms with van der Waals surface area (Å²) in [6.45, 7) is 0. The van der Waals surface area contributed by atoms with Crippen LogP contribution in [0.15, 0.2) is 50.7 Å². The number of hydrogen-bond acceptors (Lipinski definition) is 7. The van der Waals surface area contributed by atoms with Gasteiger partial charge < -0.3 is 18.3 Å². The van der Waals surface area contributed by atoms with Crippen LogP contribution in [0.1, 0.15) is 5.56 Å². The van der Waals surface area contributed by atoms with Gasteiger partial charge in [0.25, 0.3) is 11.1 Å². The Balaban J connectivity index is 1.72. The minimum Gasteiger partial charge on any atom is -0.497 e. The molecule has 0 bridgehead atoms. The molecule has 22 heavy (non-hydrogen) atoms. The van der Waals surface area contributed by atoms with Gasteiger partial charge in [-0.1, -0.05) is 11.8 Å². The molecule has 3 rings (SSSR count). The minimum atomic E-state index is 0.366. The zero-order chi connectivity index (χ0) is 15.4. The van der Waals surface area contributed by atoms with Crippen molar-refractivity contribution in [2.24, 2.45) is 0 Å². The highest BCUT2D eigenvalue weighted by Gasteiger charge is 2.13. The number of aromatic nitrogens is 2. The highest BCUT2D eigenvalue weighted by molar-refractivity contribution is 7.98. The van der Waals surface area contributed by atoms with Crippen LogP contribution in [0.3, 0.4) is 0 Å². The molecule has 1 aromatic carbocycles. The first-order valence-electron chi connectivity index (χ1n) is 6.51. The summed E-state index contributed by atoms with van der Waals surface area (Å²) in [5.74, 6) is 3.11. The summed E-state index contributed by atoms with van der Waals surface area (Å²) in [6, 6.07) is 9.20. The maximum Gasteiger partial charge on any atom is 0.284 e. The van der Waals surface area contributed by atoms with Crippen LogP contribution in [0.2, 0.25) is 0 Å². The molecule has 3 aromatic rings. The van der Waals surface area contributed by atoms with Crippen LogP contribution in [0, 0.1) is 0 Å². The largest absolute Gasteiger partial charge is 0.497 e. The molecule has 0 amide bonds. The molecule has 0 aliphatic heterocycles. The standard InChI is InChI=1S/C15H14N2O4S/c1-18-11-5-6-12(19-2)10(8-11)9-22-15-17-16-14(21-15)13-4-3-7-20-13/h3-8H,9H2,1-2H3. The molecule has 0 saturated heterocycles. The molecule has 6 nitrogen and oxygen atoms in total. The van der Waals surface area contributed by atoms with Crippen LogP contribution in [0.5, 0.6) is 11.5 Å². The molecule has 0 spiro atoms. The maximum atomic E-state index is 5.55. The van der Waals surface area contributed by atoms with Gasteiger partial charge in [0, 0.05) is 11.3 Å². The second kappa shape index (κ2) is 6.57. The molecule has 2 heterocycles. The fraction of sp³-hybridized carbons (Fsp3) is 0.200. The van der Waals surface area contributed by atoms with Crippen molar-refractivity contribution in [1.29, 1.82) is 0 Å². The third-order valence-corrected chi connectivity index (χ3v) is 3.84. The van der Waals surface area contributed by atoms with Crippen molar-refractivity contribution in [3.8, 4) is 23.1 Å². The Bertz CT molecular complexity index is 740. The SMILES string of the molecule is COc1ccc(OC)c(CSc2nnc(-c3ccco3)o2)c1. The van der Waals surface area contributed by atoms with Crippen molar-refractivity contribution in [3.63, 3.8) is 0 Å². The summed E-state index contributed by atoms with van der Waals surface area (Å²) in [6.07, 6.45) is 1.56. The Morgan fingerprint density at radius 1 is 1.14 bits per heavy atom. The predicted octanol–water partition coefficient (Wildman–Crippen LogP) is 3.64. The first-order chi connectivity index (χ1) is 10.8. The fourth-order valence-electron chi connectivity index (χ4n) is 1.90. The average Bonchev–Trinajstić information content (AvgIpc) is 3.23. The summed E-state index contributed by atoms with van der Waals surface area (Å²) >= 11 is 1.42. The smallest absolute Gasteiger partial charge is 0.284 e. The molecule has 0 N–H and O–H groups in total. The molecular formula is C15H14N2O4S. The van der Waals surface area contributed by atoms with E-state index in [-0.39, 0.29) is 0 Å². The summed E-state index contributed by atoms with van der Waals surface area (Å²) in [5, 5.41) is 8.43. The summed E-state index contributed by atoms with van der Waals surface area (Å²) in [7, 11) is 3.27. The van der Waals surface area contributed by atoms with Crippen LogP contribution >= 0.6 is 11.8 Å². The normalized spacial score (nSPS) is 10.6. The van der Waals surface area contributed by atoms with Crippen molar-refractivity contribution in [2.75, 3.05) is 14.2 Å². The van der Waals surface area contributed by atoms with Crippen molar-refractivity contribution in [2.45, 2.75) is 11.0 Å². The van der Waals surface area contributed by atoms with E-state index in [9.17, 15) is 0 Å². The van der Waals surface area contributed by atoms with Gasteiger partial charge in [-0.2, -0.15) is 0 Å². The predicted molar refractivity (Wildman–Crippen MR) is 81.1 cm³/mol. The Hall–Kier alpha value is -2.41. The van der Waals surface area contributed by atoms with Gasteiger partial charge in [-0.3, -0.25) is 0 Å². The molecule has 0 radical (unpaired) electrons. The topological polar surface area (TPSA) is 70.5 Å². The lowest BCUT2D eigenvalue weighted by Crippen LogP contribution is -1.92. The molecule has 7 heteroatoms. The second-order valence-electron chi connectivity index (χ2n) is 4.32. The van der Waals surface area contributed by atoms with Gasteiger partial charge in [-0.25, -0.2) is 0 Å². The monoisotopic (exact) mass is 318 g/mol. The van der Waals surface area contributed by atoms with Crippen LogP contribution in [-0.4, -0.2) is 24.4 Å². The first-order valence-corrected chi connectivity index (χ1v) is 7.50. The fourth-order valence-corrected chi connectivity index (χ4v) is 2.64. The number of hydrogen-bond donors (Lipinski definition) is 0. The van der Waals surface area contributed by atoms with E-state index in [0.717, 1.165) is 17.1 Å². The molecule has 2 aromatic heterocycles. The van der Waals surface area contributed by atoms with E-state index in [2.05, 4.69) is 10.2 Å². The number of thioether (sulfide) groups is 1. The van der Waals surface area contributed by atoms with Crippen molar-refractivity contribution in [3.05, 3.63) is 42.2 Å². The van der Waals surface area contributed by atoms with Gasteiger partial charge >= 0.3 is 0 Å². The van der Waals surface area contributed by atoms with Crippen LogP contribution in [0.25, 0.3) is 11.7 Å². The molecule has 0 aliphatic carbocycles. The third-order valence-electron chi connectivity index (χ3n) is 2.98. The molecule has 114 valence electrons. The summed E-state index contributed by atoms with van der Waals surface area (Å²) < 4.78 is 21.4. The molecule has 0 unspecified atom stereocenters. The lowest BCUT2D eigenvalue weighted by atomic mass is 10.2. The van der Waals surface area contributed by atoms with Gasteiger partial charge in [0.05, 0.1) is 20.5 Å². The molecule has 0 atom stereocenters. The minimum absolute atomic E-state index is 0.366. The summed E-state index contributed by atoms with van der Waals surface area (Å²) in [4.78, 5) is 0. The van der Waals surface area contributed by atoms with Gasteiger partial charge in [0.15, 0.2) is 5.76 Å². The van der Waals surface area contributed by atoms with E-state index in [1.165, 1.54) is 11.8 Å². The first kappa shape index (κ1) is 14.5. The van der Waals surface area contributed by atoms with Gasteiger partial charge in [0.2, 0.25) is 0 Å². The van der Waals surface area contributed by atoms with E-state index in [1.807, 2.05) is 18.2 Å². The van der Waals surface area contributed by atoms with Crippen molar-refractivity contribution >= 4 is 11.8 Å². The Morgan fingerprint density at radius 2 is 2.05 bits per heavy atom. The average molecular weight is 318 g/mol. The second-order valence-corrected chi connectivity index (χ2v) is 5.24. The number of methoxy groups -OCH3 is 2. The van der Waals surface area contributed by atoms with Gasteiger partial charge in [0.1, 0.15) is 11.5 Å². The number of rotatable bonds is 6. The number of nitrogens with zero attached hydrogens (tertiary/aromatic N) is 2. The van der Waals surface area contributed by atoms with Crippen molar-refractivity contribution < 1.29 is 18.3 Å². The zero-order valence-electron chi connectivity index (χ0n) is 12.1. The highest BCUT2D eigenvalue weighted by atomic mass is 32.2. The molecule has 0 aliphatic rings. The number of furan rings is 1. The van der Waals surface area contributed by atoms with Gasteiger partial charge in [-0.05, 0) is 30.3 Å². The van der Waals surface area contributed by atoms with E-state index in [1.54, 1.807) is 32.6 Å². The lowest BCUT2D eigenvalue weighted by Gasteiger charge is -2.09. The van der Waals surface area contributed by atoms with Crippen molar-refractivity contribution in [1.82, 2.24) is 10.2 Å². The quantitative estimate of drug-likeness (QED) is 0.642. The molecular weight excluding hydrogens is 304 g/mol. The van der Waals surface area contributed by atoms with Crippen LogP contribution in [0.4, 0.5) is 0 Å². The molecule has 0 saturated carbocycles.